The fraction of sp³-hybridized carbons (Fsp3) is 0.500. The molecule has 0 aliphatic heterocycles. The van der Waals surface area contributed by atoms with Crippen LogP contribution in [0.25, 0.3) is 0 Å². The van der Waals surface area contributed by atoms with E-state index in [0.717, 1.165) is 6.92 Å². The Balaban J connectivity index is 0. The van der Waals surface area contributed by atoms with Crippen molar-refractivity contribution in [3.05, 3.63) is 0 Å². The van der Waals surface area contributed by atoms with Crippen LogP contribution < -0.4 is 0 Å². The quantitative estimate of drug-likeness (QED) is 0.425. The number of aliphatic carboxylic acids is 1. The summed E-state index contributed by atoms with van der Waals surface area (Å²) in [5.74, 6) is -0.833. The Morgan fingerprint density at radius 3 is 1.80 bits per heavy atom. The minimum Gasteiger partial charge on any atom is -0.481 e. The van der Waals surface area contributed by atoms with Gasteiger partial charge in [0.1, 0.15) is 0 Å². The summed E-state index contributed by atoms with van der Waals surface area (Å²) >= 11 is 0. The molecule has 0 amide bonds. The zero-order valence-electron chi connectivity index (χ0n) is 3.06. The zero-order chi connectivity index (χ0) is 3.58. The SMILES string of the molecule is CC(=O)O.[Ca]. The number of carboxylic acid groups (broad SMARTS) is 1. The van der Waals surface area contributed by atoms with Crippen molar-refractivity contribution < 1.29 is 9.90 Å². The summed E-state index contributed by atoms with van der Waals surface area (Å²) in [6.07, 6.45) is 0. The molecule has 0 rings (SSSR count). The molecule has 0 aromatic heterocycles. The van der Waals surface area contributed by atoms with E-state index in [2.05, 4.69) is 0 Å². The first-order chi connectivity index (χ1) is 1.73. The summed E-state index contributed by atoms with van der Waals surface area (Å²) in [7, 11) is 0. The minimum atomic E-state index is -0.833. The maximum absolute atomic E-state index is 9.00. The van der Waals surface area contributed by atoms with Crippen molar-refractivity contribution in [2.24, 2.45) is 0 Å². The Morgan fingerprint density at radius 2 is 1.80 bits per heavy atom. The smallest absolute Gasteiger partial charge is 0.300 e. The third-order valence-electron chi connectivity index (χ3n) is 0. The van der Waals surface area contributed by atoms with Gasteiger partial charge < -0.3 is 5.11 Å². The molecule has 5 heavy (non-hydrogen) atoms. The van der Waals surface area contributed by atoms with Crippen LogP contribution in [0.2, 0.25) is 0 Å². The predicted molar refractivity (Wildman–Crippen MR) is 19.1 cm³/mol. The second-order valence-electron chi connectivity index (χ2n) is 0.519. The molecule has 26 valence electrons. The van der Waals surface area contributed by atoms with Crippen LogP contribution >= 0.6 is 0 Å². The van der Waals surface area contributed by atoms with Crippen LogP contribution in [0.3, 0.4) is 0 Å². The van der Waals surface area contributed by atoms with Gasteiger partial charge in [-0.1, -0.05) is 0 Å². The van der Waals surface area contributed by atoms with Crippen LogP contribution in [0.1, 0.15) is 6.92 Å². The first-order valence-electron chi connectivity index (χ1n) is 0.928. The molecule has 0 heterocycles. The van der Waals surface area contributed by atoms with Crippen molar-refractivity contribution in [3.63, 3.8) is 0 Å². The molecule has 0 aromatic rings. The van der Waals surface area contributed by atoms with Gasteiger partial charge in [0.25, 0.3) is 5.97 Å². The van der Waals surface area contributed by atoms with Crippen molar-refractivity contribution in [2.45, 2.75) is 6.92 Å². The standard InChI is InChI=1S/C2H4O2.Ca/c1-2(3)4;/h1H3,(H,3,4);. The van der Waals surface area contributed by atoms with Gasteiger partial charge in [0, 0.05) is 44.7 Å². The first kappa shape index (κ1) is 9.21. The Bertz CT molecular complexity index is 30.6. The summed E-state index contributed by atoms with van der Waals surface area (Å²) in [5.41, 5.74) is 0. The van der Waals surface area contributed by atoms with Crippen LogP contribution in [0.4, 0.5) is 0 Å². The van der Waals surface area contributed by atoms with Gasteiger partial charge in [-0.3, -0.25) is 4.79 Å². The van der Waals surface area contributed by atoms with Crippen molar-refractivity contribution in [1.82, 2.24) is 0 Å². The fourth-order valence-corrected chi connectivity index (χ4v) is 0. The van der Waals surface area contributed by atoms with E-state index in [0.29, 0.717) is 0 Å². The average molecular weight is 100 g/mol. The van der Waals surface area contributed by atoms with E-state index >= 15 is 0 Å². The Kier molecular flexibility index (Phi) is 8.72. The molecule has 2 radical (unpaired) electrons. The molecular formula is C2H4CaO2. The summed E-state index contributed by atoms with van der Waals surface area (Å²) in [5, 5.41) is 7.42. The predicted octanol–water partition coefficient (Wildman–Crippen LogP) is -0.290. The van der Waals surface area contributed by atoms with E-state index in [9.17, 15) is 0 Å². The number of hydrogen-bond donors (Lipinski definition) is 1. The third kappa shape index (κ3) is 66.2. The van der Waals surface area contributed by atoms with Gasteiger partial charge in [-0.05, 0) is 0 Å². The van der Waals surface area contributed by atoms with E-state index in [1.807, 2.05) is 0 Å². The molecule has 0 aromatic carbocycles. The average Bonchev–Trinajstić information content (AvgIpc) is 0.811. The maximum Gasteiger partial charge on any atom is 0.300 e. The van der Waals surface area contributed by atoms with Crippen molar-refractivity contribution >= 4 is 43.7 Å². The molecule has 3 heteroatoms. The van der Waals surface area contributed by atoms with Gasteiger partial charge in [0.05, 0.1) is 0 Å². The Hall–Kier alpha value is 0.730. The normalized spacial score (nSPS) is 5.00. The summed E-state index contributed by atoms with van der Waals surface area (Å²) in [6.45, 7) is 1.08. The van der Waals surface area contributed by atoms with Crippen LogP contribution in [0, 0.1) is 0 Å². The zero-order valence-corrected chi connectivity index (χ0v) is 5.27. The fourth-order valence-electron chi connectivity index (χ4n) is 0. The van der Waals surface area contributed by atoms with Gasteiger partial charge in [0.2, 0.25) is 0 Å². The second-order valence-corrected chi connectivity index (χ2v) is 0.519. The summed E-state index contributed by atoms with van der Waals surface area (Å²) in [6, 6.07) is 0. The molecule has 0 bridgehead atoms. The molecule has 0 saturated carbocycles. The number of rotatable bonds is 0. The van der Waals surface area contributed by atoms with E-state index in [1.165, 1.54) is 0 Å². The Morgan fingerprint density at radius 1 is 1.80 bits per heavy atom. The third-order valence-corrected chi connectivity index (χ3v) is 0. The molecule has 0 spiro atoms. The molecule has 0 fully saturated rings. The molecule has 1 N–H and O–H groups in total. The molecule has 0 saturated heterocycles. The van der Waals surface area contributed by atoms with Crippen molar-refractivity contribution in [1.29, 1.82) is 0 Å². The van der Waals surface area contributed by atoms with Gasteiger partial charge >= 0.3 is 0 Å². The van der Waals surface area contributed by atoms with Gasteiger partial charge in [0.15, 0.2) is 0 Å². The van der Waals surface area contributed by atoms with Crippen molar-refractivity contribution in [2.75, 3.05) is 0 Å². The Labute approximate surface area is 60.2 Å². The van der Waals surface area contributed by atoms with Crippen LogP contribution in [-0.4, -0.2) is 48.8 Å². The van der Waals surface area contributed by atoms with E-state index in [-0.39, 0.29) is 37.7 Å². The maximum atomic E-state index is 9.00. The van der Waals surface area contributed by atoms with Crippen LogP contribution in [0.15, 0.2) is 0 Å². The van der Waals surface area contributed by atoms with E-state index in [1.54, 1.807) is 0 Å². The number of carboxylic acids is 1. The molecule has 0 aliphatic carbocycles. The van der Waals surface area contributed by atoms with Gasteiger partial charge in [-0.2, -0.15) is 0 Å². The van der Waals surface area contributed by atoms with E-state index < -0.39 is 5.97 Å². The van der Waals surface area contributed by atoms with Gasteiger partial charge in [-0.15, -0.1) is 0 Å². The minimum absolute atomic E-state index is 0. The molecular weight excluding hydrogens is 96.1 g/mol. The van der Waals surface area contributed by atoms with E-state index in [4.69, 9.17) is 9.90 Å². The van der Waals surface area contributed by atoms with Crippen LogP contribution in [0.5, 0.6) is 0 Å². The second kappa shape index (κ2) is 4.73. The summed E-state index contributed by atoms with van der Waals surface area (Å²) < 4.78 is 0. The number of carbonyl (C=O) groups is 1. The molecule has 0 atom stereocenters. The number of hydrogen-bond acceptors (Lipinski definition) is 1. The monoisotopic (exact) mass is 100.0 g/mol. The first-order valence-corrected chi connectivity index (χ1v) is 0.928. The van der Waals surface area contributed by atoms with Gasteiger partial charge in [-0.25, -0.2) is 0 Å². The summed E-state index contributed by atoms with van der Waals surface area (Å²) in [4.78, 5) is 9.00. The van der Waals surface area contributed by atoms with Crippen molar-refractivity contribution in [3.8, 4) is 0 Å². The molecule has 2 nitrogen and oxygen atoms in total. The molecule has 0 aliphatic rings. The van der Waals surface area contributed by atoms with Crippen LogP contribution in [-0.2, 0) is 4.79 Å². The topological polar surface area (TPSA) is 37.3 Å². The molecule has 0 unspecified atom stereocenters. The largest absolute Gasteiger partial charge is 0.481 e.